The fourth-order valence-electron chi connectivity index (χ4n) is 4.96. The smallest absolute Gasteiger partial charge is 0.253 e. The maximum atomic E-state index is 13.5. The average molecular weight is 361 g/mol. The molecule has 0 aliphatic carbocycles. The van der Waals surface area contributed by atoms with Gasteiger partial charge in [0, 0.05) is 13.1 Å². The Hall–Kier alpha value is -2.50. The van der Waals surface area contributed by atoms with Gasteiger partial charge in [0.1, 0.15) is 6.04 Å². The van der Waals surface area contributed by atoms with E-state index in [9.17, 15) is 9.59 Å². The van der Waals surface area contributed by atoms with Gasteiger partial charge in [-0.1, -0.05) is 42.5 Å². The number of carbonyl (C=O) groups excluding carboxylic acids is 2. The highest BCUT2D eigenvalue weighted by molar-refractivity contribution is 6.24. The Morgan fingerprint density at radius 2 is 1.56 bits per heavy atom. The summed E-state index contributed by atoms with van der Waals surface area (Å²) in [5.74, 6) is -0.494. The molecule has 3 fully saturated rings. The third-order valence-corrected chi connectivity index (χ3v) is 6.15. The second kappa shape index (κ2) is 6.01. The SMILES string of the molecule is Cc1ccc(C)c(N2C(=O)C3C(C2=O)N2CCCN2C3c2ccccc2)c1. The molecular formula is C22H23N3O2. The Bertz CT molecular complexity index is 926. The van der Waals surface area contributed by atoms with Crippen LogP contribution in [0.1, 0.15) is 29.2 Å². The molecule has 0 saturated carbocycles. The van der Waals surface area contributed by atoms with Gasteiger partial charge < -0.3 is 0 Å². The molecule has 0 radical (unpaired) electrons. The molecule has 5 heteroatoms. The number of benzene rings is 2. The number of hydrogen-bond donors (Lipinski definition) is 0. The first-order chi connectivity index (χ1) is 13.1. The van der Waals surface area contributed by atoms with Gasteiger partial charge in [-0.15, -0.1) is 0 Å². The van der Waals surface area contributed by atoms with Crippen LogP contribution in [0.4, 0.5) is 5.69 Å². The standard InChI is InChI=1S/C22H23N3O2/c1-14-9-10-15(2)17(13-14)25-21(26)18-19(16-7-4-3-5-8-16)23-11-6-12-24(23)20(18)22(25)27/h3-5,7-10,13,18-20H,6,11-12H2,1-2H3. The number of aryl methyl sites for hydroxylation is 2. The van der Waals surface area contributed by atoms with E-state index in [4.69, 9.17) is 0 Å². The number of anilines is 1. The monoisotopic (exact) mass is 361 g/mol. The van der Waals surface area contributed by atoms with Crippen molar-refractivity contribution in [1.82, 2.24) is 10.0 Å². The van der Waals surface area contributed by atoms with Crippen LogP contribution in [0.25, 0.3) is 0 Å². The van der Waals surface area contributed by atoms with Crippen LogP contribution >= 0.6 is 0 Å². The molecule has 2 aromatic rings. The van der Waals surface area contributed by atoms with Crippen LogP contribution in [0.5, 0.6) is 0 Å². The summed E-state index contributed by atoms with van der Waals surface area (Å²) in [5, 5.41) is 4.40. The van der Waals surface area contributed by atoms with Crippen LogP contribution in [0, 0.1) is 19.8 Å². The van der Waals surface area contributed by atoms with E-state index in [1.54, 1.807) is 0 Å². The molecule has 138 valence electrons. The van der Waals surface area contributed by atoms with Gasteiger partial charge >= 0.3 is 0 Å². The predicted octanol–water partition coefficient (Wildman–Crippen LogP) is 2.84. The number of nitrogens with zero attached hydrogens (tertiary/aromatic N) is 3. The normalized spacial score (nSPS) is 28.1. The van der Waals surface area contributed by atoms with Gasteiger partial charge in [0.25, 0.3) is 5.91 Å². The first-order valence-electron chi connectivity index (χ1n) is 9.61. The molecule has 27 heavy (non-hydrogen) atoms. The summed E-state index contributed by atoms with van der Waals surface area (Å²) in [6, 6.07) is 15.6. The summed E-state index contributed by atoms with van der Waals surface area (Å²) < 4.78 is 0. The predicted molar refractivity (Wildman–Crippen MR) is 103 cm³/mol. The van der Waals surface area contributed by atoms with E-state index in [0.717, 1.165) is 41.9 Å². The topological polar surface area (TPSA) is 43.9 Å². The number of amides is 2. The Morgan fingerprint density at radius 1 is 0.852 bits per heavy atom. The van der Waals surface area contributed by atoms with Gasteiger partial charge in [0.05, 0.1) is 17.6 Å². The summed E-state index contributed by atoms with van der Waals surface area (Å²) >= 11 is 0. The molecule has 3 saturated heterocycles. The van der Waals surface area contributed by atoms with Crippen LogP contribution in [-0.4, -0.2) is 41.0 Å². The van der Waals surface area contributed by atoms with Crippen molar-refractivity contribution in [2.45, 2.75) is 32.4 Å². The average Bonchev–Trinajstić information content (AvgIpc) is 3.31. The van der Waals surface area contributed by atoms with Crippen LogP contribution in [0.2, 0.25) is 0 Å². The summed E-state index contributed by atoms with van der Waals surface area (Å²) in [5.41, 5.74) is 3.85. The van der Waals surface area contributed by atoms with Crippen LogP contribution in [0.15, 0.2) is 48.5 Å². The summed E-state index contributed by atoms with van der Waals surface area (Å²) in [6.07, 6.45) is 1.03. The van der Waals surface area contributed by atoms with Crippen molar-refractivity contribution in [1.29, 1.82) is 0 Å². The van der Waals surface area contributed by atoms with Crippen molar-refractivity contribution in [3.8, 4) is 0 Å². The van der Waals surface area contributed by atoms with Gasteiger partial charge in [0.2, 0.25) is 5.91 Å². The van der Waals surface area contributed by atoms with Crippen molar-refractivity contribution >= 4 is 17.5 Å². The maximum absolute atomic E-state index is 13.5. The second-order valence-electron chi connectivity index (χ2n) is 7.81. The van der Waals surface area contributed by atoms with Crippen molar-refractivity contribution < 1.29 is 9.59 Å². The van der Waals surface area contributed by atoms with Crippen molar-refractivity contribution in [3.05, 3.63) is 65.2 Å². The van der Waals surface area contributed by atoms with Crippen LogP contribution in [0.3, 0.4) is 0 Å². The molecule has 2 amide bonds. The molecular weight excluding hydrogens is 338 g/mol. The Balaban J connectivity index is 1.61. The molecule has 0 spiro atoms. The molecule has 3 aliphatic heterocycles. The van der Waals surface area contributed by atoms with Gasteiger partial charge in [-0.2, -0.15) is 0 Å². The zero-order chi connectivity index (χ0) is 18.7. The minimum atomic E-state index is -0.384. The number of fused-ring (bicyclic) bond motifs is 3. The fraction of sp³-hybridized carbons (Fsp3) is 0.364. The number of rotatable bonds is 2. The minimum absolute atomic E-state index is 0.0646. The molecule has 3 unspecified atom stereocenters. The molecule has 0 N–H and O–H groups in total. The molecule has 3 atom stereocenters. The van der Waals surface area contributed by atoms with Crippen molar-refractivity contribution in [2.75, 3.05) is 18.0 Å². The molecule has 0 aromatic heterocycles. The van der Waals surface area contributed by atoms with E-state index < -0.39 is 0 Å². The lowest BCUT2D eigenvalue weighted by Gasteiger charge is -2.30. The number of imide groups is 1. The Morgan fingerprint density at radius 3 is 2.30 bits per heavy atom. The van der Waals surface area contributed by atoms with Gasteiger partial charge in [-0.3, -0.25) is 9.59 Å². The molecule has 5 nitrogen and oxygen atoms in total. The van der Waals surface area contributed by atoms with E-state index in [2.05, 4.69) is 22.2 Å². The molecule has 5 rings (SSSR count). The number of carbonyl (C=O) groups is 2. The minimum Gasteiger partial charge on any atom is -0.274 e. The van der Waals surface area contributed by atoms with Crippen molar-refractivity contribution in [3.63, 3.8) is 0 Å². The van der Waals surface area contributed by atoms with E-state index in [1.165, 1.54) is 4.90 Å². The largest absolute Gasteiger partial charge is 0.274 e. The lowest BCUT2D eigenvalue weighted by atomic mass is 9.90. The van der Waals surface area contributed by atoms with E-state index in [0.29, 0.717) is 0 Å². The van der Waals surface area contributed by atoms with Gasteiger partial charge in [-0.05, 0) is 43.0 Å². The highest BCUT2D eigenvalue weighted by Crippen LogP contribution is 2.49. The lowest BCUT2D eigenvalue weighted by Crippen LogP contribution is -2.44. The van der Waals surface area contributed by atoms with Crippen LogP contribution in [-0.2, 0) is 9.59 Å². The molecule has 3 heterocycles. The zero-order valence-corrected chi connectivity index (χ0v) is 15.6. The molecule has 2 aromatic carbocycles. The zero-order valence-electron chi connectivity index (χ0n) is 15.6. The fourth-order valence-corrected chi connectivity index (χ4v) is 4.96. The van der Waals surface area contributed by atoms with E-state index in [1.807, 2.05) is 50.2 Å². The van der Waals surface area contributed by atoms with Crippen molar-refractivity contribution in [2.24, 2.45) is 5.92 Å². The third-order valence-electron chi connectivity index (χ3n) is 6.15. The van der Waals surface area contributed by atoms with E-state index in [-0.39, 0.29) is 29.8 Å². The first kappa shape index (κ1) is 16.7. The quantitative estimate of drug-likeness (QED) is 0.772. The third kappa shape index (κ3) is 2.32. The Kier molecular flexibility index (Phi) is 3.71. The summed E-state index contributed by atoms with van der Waals surface area (Å²) in [6.45, 7) is 5.69. The molecule has 0 bridgehead atoms. The lowest BCUT2D eigenvalue weighted by molar-refractivity contribution is -0.126. The highest BCUT2D eigenvalue weighted by Gasteiger charge is 2.62. The maximum Gasteiger partial charge on any atom is 0.253 e. The summed E-state index contributed by atoms with van der Waals surface area (Å²) in [4.78, 5) is 28.4. The number of hydrogen-bond acceptors (Lipinski definition) is 4. The molecule has 3 aliphatic rings. The van der Waals surface area contributed by atoms with Crippen LogP contribution < -0.4 is 4.90 Å². The summed E-state index contributed by atoms with van der Waals surface area (Å²) in [7, 11) is 0. The van der Waals surface area contributed by atoms with Gasteiger partial charge in [0.15, 0.2) is 0 Å². The first-order valence-corrected chi connectivity index (χ1v) is 9.61. The Labute approximate surface area is 159 Å². The van der Waals surface area contributed by atoms with Gasteiger partial charge in [-0.25, -0.2) is 14.9 Å². The van der Waals surface area contributed by atoms with E-state index >= 15 is 0 Å². The number of hydrazine groups is 1. The second-order valence-corrected chi connectivity index (χ2v) is 7.81. The highest BCUT2D eigenvalue weighted by atomic mass is 16.2.